The van der Waals surface area contributed by atoms with Crippen molar-refractivity contribution in [2.45, 2.75) is 18.2 Å². The number of H-pyrrole nitrogens is 1. The number of hydrogen-bond acceptors (Lipinski definition) is 8. The van der Waals surface area contributed by atoms with Gasteiger partial charge in [-0.1, -0.05) is 0 Å². The quantitative estimate of drug-likeness (QED) is 0.589. The lowest BCUT2D eigenvalue weighted by Gasteiger charge is -2.22. The fraction of sp³-hybridized carbons (Fsp3) is 0.455. The van der Waals surface area contributed by atoms with Crippen LogP contribution in [0, 0.1) is 0 Å². The Morgan fingerprint density at radius 2 is 2.05 bits per heavy atom. The summed E-state index contributed by atoms with van der Waals surface area (Å²) in [6.45, 7) is 0. The average Bonchev–Trinajstić information content (AvgIpc) is 2.87. The second-order valence-electron chi connectivity index (χ2n) is 4.36. The van der Waals surface area contributed by atoms with Crippen LogP contribution in [0.25, 0.3) is 0 Å². The first kappa shape index (κ1) is 16.7. The summed E-state index contributed by atoms with van der Waals surface area (Å²) in [5, 5.41) is 19.9. The lowest BCUT2D eigenvalue weighted by atomic mass is 10.3. The molecule has 2 rings (SSSR count). The van der Waals surface area contributed by atoms with Crippen molar-refractivity contribution in [1.29, 1.82) is 0 Å². The predicted octanol–water partition coefficient (Wildman–Crippen LogP) is -0.885. The van der Waals surface area contributed by atoms with Gasteiger partial charge in [0.15, 0.2) is 0 Å². The second kappa shape index (κ2) is 6.19. The molecule has 1 aliphatic heterocycles. The zero-order valence-corrected chi connectivity index (χ0v) is 12.6. The van der Waals surface area contributed by atoms with E-state index in [4.69, 9.17) is 4.74 Å². The Balaban J connectivity index is 2.28. The first-order valence-corrected chi connectivity index (χ1v) is 7.70. The first-order chi connectivity index (χ1) is 10.3. The lowest BCUT2D eigenvalue weighted by molar-refractivity contribution is -0.0164. The molecule has 0 spiro atoms. The van der Waals surface area contributed by atoms with E-state index in [1.807, 2.05) is 4.98 Å². The van der Waals surface area contributed by atoms with Crippen LogP contribution in [-0.2, 0) is 18.3 Å². The van der Waals surface area contributed by atoms with Gasteiger partial charge >= 0.3 is 13.3 Å². The Kier molecular flexibility index (Phi) is 4.69. The molecular formula is C11H15N2O8P. The number of aliphatic hydroxyl groups is 2. The van der Waals surface area contributed by atoms with E-state index in [1.54, 1.807) is 0 Å². The smallest absolute Gasteiger partial charge is 0.366 e. The number of aromatic amines is 1. The number of aromatic nitrogens is 2. The van der Waals surface area contributed by atoms with E-state index < -0.39 is 37.0 Å². The van der Waals surface area contributed by atoms with Crippen molar-refractivity contribution in [3.8, 4) is 0 Å². The standard InChI is InChI=1S/C11H15N2O8P/c1-19-22(18,20-2)10(16)7-5-6(14)9(21-7)13-4-3-8(15)12-11(13)17/h3-6,9-10,14,16H,1-2H3,(H,12,15,17)/t6-,9-,10?/m1/s1. The highest BCUT2D eigenvalue weighted by Crippen LogP contribution is 2.54. The van der Waals surface area contributed by atoms with Crippen LogP contribution in [0.2, 0.25) is 0 Å². The van der Waals surface area contributed by atoms with Gasteiger partial charge in [0.2, 0.25) is 12.1 Å². The van der Waals surface area contributed by atoms with Crippen molar-refractivity contribution in [2.75, 3.05) is 14.2 Å². The van der Waals surface area contributed by atoms with Gasteiger partial charge in [-0.25, -0.2) is 4.79 Å². The second-order valence-corrected chi connectivity index (χ2v) is 6.66. The monoisotopic (exact) mass is 334 g/mol. The molecule has 122 valence electrons. The molecule has 1 unspecified atom stereocenters. The van der Waals surface area contributed by atoms with Crippen molar-refractivity contribution < 1.29 is 28.6 Å². The van der Waals surface area contributed by atoms with E-state index in [1.165, 1.54) is 0 Å². The van der Waals surface area contributed by atoms with Crippen molar-refractivity contribution in [3.63, 3.8) is 0 Å². The maximum atomic E-state index is 12.1. The van der Waals surface area contributed by atoms with Gasteiger partial charge in [0.25, 0.3) is 5.56 Å². The number of hydrogen-bond donors (Lipinski definition) is 3. The molecule has 0 radical (unpaired) electrons. The molecule has 0 aliphatic carbocycles. The molecule has 3 N–H and O–H groups in total. The molecule has 0 bridgehead atoms. The van der Waals surface area contributed by atoms with Crippen LogP contribution in [0.3, 0.4) is 0 Å². The van der Waals surface area contributed by atoms with Gasteiger partial charge in [-0.05, 0) is 6.08 Å². The van der Waals surface area contributed by atoms with Crippen LogP contribution in [-0.4, -0.2) is 45.9 Å². The third-order valence-electron chi connectivity index (χ3n) is 3.07. The SMILES string of the molecule is COP(=O)(OC)C(O)C1=C[C@@H](O)[C@H](n2ccc(=O)[nH]c2=O)O1. The molecular weight excluding hydrogens is 319 g/mol. The number of rotatable bonds is 5. The fourth-order valence-corrected chi connectivity index (χ4v) is 2.93. The van der Waals surface area contributed by atoms with Gasteiger partial charge in [0.1, 0.15) is 11.9 Å². The van der Waals surface area contributed by atoms with Gasteiger partial charge in [0, 0.05) is 26.5 Å². The van der Waals surface area contributed by atoms with Crippen molar-refractivity contribution in [3.05, 3.63) is 44.9 Å². The van der Waals surface area contributed by atoms with Crippen molar-refractivity contribution >= 4 is 7.60 Å². The molecule has 11 heteroatoms. The van der Waals surface area contributed by atoms with Gasteiger partial charge in [-0.2, -0.15) is 0 Å². The van der Waals surface area contributed by atoms with Crippen LogP contribution in [0.5, 0.6) is 0 Å². The van der Waals surface area contributed by atoms with Crippen LogP contribution < -0.4 is 11.2 Å². The minimum Gasteiger partial charge on any atom is -0.468 e. The lowest BCUT2D eigenvalue weighted by Crippen LogP contribution is -2.35. The normalized spacial score (nSPS) is 23.0. The zero-order chi connectivity index (χ0) is 16.5. The molecule has 1 aliphatic rings. The first-order valence-electron chi connectivity index (χ1n) is 6.09. The Morgan fingerprint density at radius 1 is 1.41 bits per heavy atom. The highest BCUT2D eigenvalue weighted by atomic mass is 31.2. The van der Waals surface area contributed by atoms with Crippen LogP contribution in [0.1, 0.15) is 6.23 Å². The number of aliphatic hydroxyl groups excluding tert-OH is 2. The van der Waals surface area contributed by atoms with Gasteiger partial charge in [0.05, 0.1) is 0 Å². The average molecular weight is 334 g/mol. The van der Waals surface area contributed by atoms with Gasteiger partial charge in [-0.3, -0.25) is 18.9 Å². The Morgan fingerprint density at radius 3 is 2.59 bits per heavy atom. The third kappa shape index (κ3) is 2.92. The van der Waals surface area contributed by atoms with Crippen molar-refractivity contribution in [2.24, 2.45) is 0 Å². The molecule has 0 saturated carbocycles. The van der Waals surface area contributed by atoms with E-state index in [-0.39, 0.29) is 5.76 Å². The van der Waals surface area contributed by atoms with E-state index in [2.05, 4.69) is 9.05 Å². The minimum absolute atomic E-state index is 0.261. The summed E-state index contributed by atoms with van der Waals surface area (Å²) in [5.41, 5.74) is -1.41. The zero-order valence-electron chi connectivity index (χ0n) is 11.7. The Bertz CT molecular complexity index is 730. The molecule has 0 saturated heterocycles. The summed E-state index contributed by atoms with van der Waals surface area (Å²) in [6, 6.07) is 1.07. The van der Waals surface area contributed by atoms with Crippen LogP contribution in [0.15, 0.2) is 33.7 Å². The summed E-state index contributed by atoms with van der Waals surface area (Å²) in [5.74, 6) is -2.02. The van der Waals surface area contributed by atoms with Gasteiger partial charge in [-0.15, -0.1) is 0 Å². The summed E-state index contributed by atoms with van der Waals surface area (Å²) >= 11 is 0. The molecule has 1 aromatic rings. The predicted molar refractivity (Wildman–Crippen MR) is 73.2 cm³/mol. The number of nitrogens with one attached hydrogen (secondary N) is 1. The van der Waals surface area contributed by atoms with E-state index in [0.29, 0.717) is 0 Å². The van der Waals surface area contributed by atoms with Crippen molar-refractivity contribution in [1.82, 2.24) is 9.55 Å². The molecule has 0 fully saturated rings. The van der Waals surface area contributed by atoms with E-state index >= 15 is 0 Å². The topological polar surface area (TPSA) is 140 Å². The molecule has 10 nitrogen and oxygen atoms in total. The number of nitrogens with zero attached hydrogens (tertiary/aromatic N) is 1. The Hall–Kier alpha value is -1.71. The number of ether oxygens (including phenoxy) is 1. The molecule has 0 amide bonds. The Labute approximate surface area is 124 Å². The van der Waals surface area contributed by atoms with Crippen LogP contribution >= 0.6 is 7.60 Å². The maximum Gasteiger partial charge on any atom is 0.366 e. The molecule has 0 aromatic carbocycles. The van der Waals surface area contributed by atoms with E-state index in [0.717, 1.165) is 37.1 Å². The van der Waals surface area contributed by atoms with E-state index in [9.17, 15) is 24.4 Å². The largest absolute Gasteiger partial charge is 0.468 e. The molecule has 3 atom stereocenters. The van der Waals surface area contributed by atoms with Gasteiger partial charge < -0.3 is 24.0 Å². The summed E-state index contributed by atoms with van der Waals surface area (Å²) in [7, 11) is -1.71. The summed E-state index contributed by atoms with van der Waals surface area (Å²) in [4.78, 5) is 24.7. The highest BCUT2D eigenvalue weighted by Gasteiger charge is 2.42. The molecule has 1 aromatic heterocycles. The highest BCUT2D eigenvalue weighted by molar-refractivity contribution is 7.54. The minimum atomic E-state index is -3.88. The fourth-order valence-electron chi connectivity index (χ4n) is 1.93. The van der Waals surface area contributed by atoms with Crippen LogP contribution in [0.4, 0.5) is 0 Å². The maximum absolute atomic E-state index is 12.1. The summed E-state index contributed by atoms with van der Waals surface area (Å²) < 4.78 is 27.6. The molecule has 22 heavy (non-hydrogen) atoms. The third-order valence-corrected chi connectivity index (χ3v) is 4.94. The molecule has 2 heterocycles. The summed E-state index contributed by atoms with van der Waals surface area (Å²) in [6.07, 6.45) is -0.325.